The minimum atomic E-state index is -0.897. The molecule has 1 aliphatic carbocycles. The van der Waals surface area contributed by atoms with Crippen LogP contribution >= 0.6 is 0 Å². The van der Waals surface area contributed by atoms with Crippen LogP contribution in [-0.2, 0) is 23.9 Å². The van der Waals surface area contributed by atoms with Crippen LogP contribution in [0.15, 0.2) is 23.4 Å². The molecule has 130 valence electrons. The normalized spacial score (nSPS) is 20.3. The highest BCUT2D eigenvalue weighted by molar-refractivity contribution is 6.43. The first kappa shape index (κ1) is 17.9. The van der Waals surface area contributed by atoms with E-state index < -0.39 is 29.3 Å². The molecule has 1 atom stereocenters. The van der Waals surface area contributed by atoms with Crippen LogP contribution in [0.3, 0.4) is 0 Å². The zero-order valence-electron chi connectivity index (χ0n) is 14.3. The Hall–Kier alpha value is -2.44. The standard InChI is InChI=1S/C17H21NO6/c1-5-23-13(19)9-10-6-7-12-11(8-10)14(20)15(21)18(12)16(22)24-17(2,3)4/h6-7,11H,5,8-9H2,1-4H3. The van der Waals surface area contributed by atoms with Gasteiger partial charge in [0.25, 0.3) is 0 Å². The van der Waals surface area contributed by atoms with Crippen molar-refractivity contribution in [2.45, 2.75) is 46.1 Å². The van der Waals surface area contributed by atoms with Gasteiger partial charge in [0.1, 0.15) is 5.60 Å². The van der Waals surface area contributed by atoms with Crippen LogP contribution in [0.2, 0.25) is 0 Å². The molecule has 0 radical (unpaired) electrons. The predicted molar refractivity (Wildman–Crippen MR) is 83.6 cm³/mol. The maximum atomic E-state index is 12.2. The van der Waals surface area contributed by atoms with E-state index in [2.05, 4.69) is 0 Å². The smallest absolute Gasteiger partial charge is 0.421 e. The number of ketones is 1. The number of nitrogens with zero attached hydrogens (tertiary/aromatic N) is 1. The number of allylic oxidation sites excluding steroid dienone is 3. The Morgan fingerprint density at radius 3 is 2.50 bits per heavy atom. The lowest BCUT2D eigenvalue weighted by atomic mass is 9.89. The second-order valence-electron chi connectivity index (χ2n) is 6.64. The van der Waals surface area contributed by atoms with Gasteiger partial charge in [0.15, 0.2) is 0 Å². The SMILES string of the molecule is CCOC(=O)CC1=CC=C2C(C1)C(=O)C(=O)N2C(=O)OC(C)(C)C. The Bertz CT molecular complexity index is 652. The van der Waals surface area contributed by atoms with Crippen molar-refractivity contribution in [2.75, 3.05) is 6.61 Å². The van der Waals surface area contributed by atoms with E-state index in [0.717, 1.165) is 4.90 Å². The summed E-state index contributed by atoms with van der Waals surface area (Å²) in [5.41, 5.74) is 0.208. The molecule has 1 fully saturated rings. The van der Waals surface area contributed by atoms with Gasteiger partial charge in [0.05, 0.1) is 18.9 Å². The van der Waals surface area contributed by atoms with Crippen molar-refractivity contribution in [1.82, 2.24) is 4.90 Å². The third-order valence-electron chi connectivity index (χ3n) is 3.55. The Morgan fingerprint density at radius 1 is 1.25 bits per heavy atom. The maximum absolute atomic E-state index is 12.2. The number of amides is 2. The molecular weight excluding hydrogens is 314 g/mol. The van der Waals surface area contributed by atoms with Crippen LogP contribution in [0.25, 0.3) is 0 Å². The number of hydrogen-bond acceptors (Lipinski definition) is 6. The summed E-state index contributed by atoms with van der Waals surface area (Å²) in [6, 6.07) is 0. The van der Waals surface area contributed by atoms with Crippen molar-refractivity contribution in [1.29, 1.82) is 0 Å². The van der Waals surface area contributed by atoms with Crippen LogP contribution in [-0.4, -0.2) is 40.9 Å². The van der Waals surface area contributed by atoms with Gasteiger partial charge in [-0.25, -0.2) is 9.69 Å². The molecule has 1 unspecified atom stereocenters. The number of likely N-dealkylation sites (tertiary alicyclic amines) is 1. The number of carbonyl (C=O) groups is 4. The fourth-order valence-electron chi connectivity index (χ4n) is 2.61. The van der Waals surface area contributed by atoms with Crippen LogP contribution in [0.1, 0.15) is 40.5 Å². The van der Waals surface area contributed by atoms with E-state index in [1.165, 1.54) is 6.08 Å². The average Bonchev–Trinajstić information content (AvgIpc) is 2.69. The molecule has 0 N–H and O–H groups in total. The summed E-state index contributed by atoms with van der Waals surface area (Å²) in [7, 11) is 0. The number of imide groups is 1. The average molecular weight is 335 g/mol. The van der Waals surface area contributed by atoms with Crippen LogP contribution in [0, 0.1) is 5.92 Å². The molecule has 2 amide bonds. The van der Waals surface area contributed by atoms with Crippen molar-refractivity contribution in [3.05, 3.63) is 23.4 Å². The number of esters is 1. The summed E-state index contributed by atoms with van der Waals surface area (Å²) >= 11 is 0. The van der Waals surface area contributed by atoms with Crippen LogP contribution in [0.4, 0.5) is 4.79 Å². The summed E-state index contributed by atoms with van der Waals surface area (Å²) in [6.45, 7) is 7.02. The van der Waals surface area contributed by atoms with Gasteiger partial charge in [-0.3, -0.25) is 14.4 Å². The third kappa shape index (κ3) is 3.72. The van der Waals surface area contributed by atoms with E-state index in [-0.39, 0.29) is 25.4 Å². The first-order valence-electron chi connectivity index (χ1n) is 7.80. The predicted octanol–water partition coefficient (Wildman–Crippen LogP) is 2.12. The van der Waals surface area contributed by atoms with E-state index in [0.29, 0.717) is 11.3 Å². The van der Waals surface area contributed by atoms with E-state index in [4.69, 9.17) is 9.47 Å². The first-order valence-corrected chi connectivity index (χ1v) is 7.80. The molecule has 2 aliphatic rings. The molecule has 0 aromatic heterocycles. The number of fused-ring (bicyclic) bond motifs is 1. The van der Waals surface area contributed by atoms with Crippen LogP contribution in [0.5, 0.6) is 0 Å². The monoisotopic (exact) mass is 335 g/mol. The highest BCUT2D eigenvalue weighted by Gasteiger charge is 2.48. The summed E-state index contributed by atoms with van der Waals surface area (Å²) in [6.07, 6.45) is 2.58. The number of rotatable bonds is 3. The third-order valence-corrected chi connectivity index (χ3v) is 3.55. The lowest BCUT2D eigenvalue weighted by Gasteiger charge is -2.25. The van der Waals surface area contributed by atoms with E-state index in [9.17, 15) is 19.2 Å². The van der Waals surface area contributed by atoms with Gasteiger partial charge < -0.3 is 9.47 Å². The molecule has 24 heavy (non-hydrogen) atoms. The second-order valence-corrected chi connectivity index (χ2v) is 6.64. The fourth-order valence-corrected chi connectivity index (χ4v) is 2.61. The topological polar surface area (TPSA) is 90.0 Å². The first-order chi connectivity index (χ1) is 11.1. The second kappa shape index (κ2) is 6.59. The molecule has 2 rings (SSSR count). The summed E-state index contributed by atoms with van der Waals surface area (Å²) < 4.78 is 10.1. The van der Waals surface area contributed by atoms with Crippen molar-refractivity contribution >= 4 is 23.8 Å². The molecule has 0 aromatic carbocycles. The molecule has 0 spiro atoms. The summed E-state index contributed by atoms with van der Waals surface area (Å²) in [4.78, 5) is 48.9. The fraction of sp³-hybridized carbons (Fsp3) is 0.529. The Kier molecular flexibility index (Phi) is 4.91. The Balaban J connectivity index is 2.21. The number of carbonyl (C=O) groups excluding carboxylic acids is 4. The summed E-state index contributed by atoms with van der Waals surface area (Å²) in [5.74, 6) is -2.70. The zero-order chi connectivity index (χ0) is 18.1. The molecule has 7 nitrogen and oxygen atoms in total. The van der Waals surface area contributed by atoms with Gasteiger partial charge >= 0.3 is 18.0 Å². The Labute approximate surface area is 140 Å². The molecule has 7 heteroatoms. The van der Waals surface area contributed by atoms with Crippen molar-refractivity contribution in [2.24, 2.45) is 5.92 Å². The largest absolute Gasteiger partial charge is 0.466 e. The van der Waals surface area contributed by atoms with Gasteiger partial charge in [0, 0.05) is 5.70 Å². The lowest BCUT2D eigenvalue weighted by molar-refractivity contribution is -0.142. The van der Waals surface area contributed by atoms with Gasteiger partial charge in [-0.2, -0.15) is 0 Å². The molecule has 1 saturated heterocycles. The zero-order valence-corrected chi connectivity index (χ0v) is 14.3. The maximum Gasteiger partial charge on any atom is 0.421 e. The molecule has 1 aliphatic heterocycles. The van der Waals surface area contributed by atoms with E-state index in [1.807, 2.05) is 0 Å². The van der Waals surface area contributed by atoms with Crippen molar-refractivity contribution < 1.29 is 28.7 Å². The highest BCUT2D eigenvalue weighted by Crippen LogP contribution is 2.36. The van der Waals surface area contributed by atoms with Gasteiger partial charge in [-0.1, -0.05) is 11.6 Å². The van der Waals surface area contributed by atoms with Crippen molar-refractivity contribution in [3.63, 3.8) is 0 Å². The van der Waals surface area contributed by atoms with E-state index in [1.54, 1.807) is 33.8 Å². The van der Waals surface area contributed by atoms with E-state index >= 15 is 0 Å². The molecule has 1 heterocycles. The molecule has 0 bridgehead atoms. The van der Waals surface area contributed by atoms with Gasteiger partial charge in [-0.05, 0) is 40.2 Å². The lowest BCUT2D eigenvalue weighted by Crippen LogP contribution is -2.38. The molecule has 0 aromatic rings. The quantitative estimate of drug-likeness (QED) is 0.579. The number of Topliss-reactive ketones (excluding diaryl/α,β-unsaturated/α-hetero) is 1. The van der Waals surface area contributed by atoms with Gasteiger partial charge in [-0.15, -0.1) is 0 Å². The minimum Gasteiger partial charge on any atom is -0.466 e. The Morgan fingerprint density at radius 2 is 1.92 bits per heavy atom. The molecule has 0 saturated carbocycles. The highest BCUT2D eigenvalue weighted by atomic mass is 16.6. The number of ether oxygens (including phenoxy) is 2. The van der Waals surface area contributed by atoms with Crippen LogP contribution < -0.4 is 0 Å². The van der Waals surface area contributed by atoms with Crippen molar-refractivity contribution in [3.8, 4) is 0 Å². The minimum absolute atomic E-state index is 0.0576. The molecular formula is C17H21NO6. The number of hydrogen-bond donors (Lipinski definition) is 0. The summed E-state index contributed by atoms with van der Waals surface area (Å²) in [5, 5.41) is 0. The van der Waals surface area contributed by atoms with Gasteiger partial charge in [0.2, 0.25) is 5.78 Å².